The van der Waals surface area contributed by atoms with Crippen LogP contribution in [0.5, 0.6) is 0 Å². The van der Waals surface area contributed by atoms with E-state index in [9.17, 15) is 18.0 Å². The fraction of sp³-hybridized carbons (Fsp3) is 0.300. The van der Waals surface area contributed by atoms with Crippen LogP contribution in [-0.4, -0.2) is 33.0 Å². The number of likely N-dealkylation sites (N-methyl/N-ethyl adjacent to an activating group) is 1. The summed E-state index contributed by atoms with van der Waals surface area (Å²) in [6.45, 7) is 2.05. The summed E-state index contributed by atoms with van der Waals surface area (Å²) in [6, 6.07) is 12.1. The highest BCUT2D eigenvalue weighted by molar-refractivity contribution is 7.91. The Bertz CT molecular complexity index is 982. The monoisotopic (exact) mass is 386 g/mol. The van der Waals surface area contributed by atoms with Gasteiger partial charge in [0.2, 0.25) is 11.8 Å². The molecule has 1 aliphatic heterocycles. The second-order valence-corrected chi connectivity index (χ2v) is 8.70. The van der Waals surface area contributed by atoms with Crippen molar-refractivity contribution in [2.75, 3.05) is 23.0 Å². The molecule has 27 heavy (non-hydrogen) atoms. The molecule has 3 rings (SSSR count). The molecular formula is C20H22N2O4S. The second-order valence-electron chi connectivity index (χ2n) is 6.59. The molecule has 1 N–H and O–H groups in total. The van der Waals surface area contributed by atoms with Crippen LogP contribution in [0, 0.1) is 0 Å². The van der Waals surface area contributed by atoms with E-state index in [1.807, 2.05) is 19.1 Å². The number of rotatable bonds is 6. The topological polar surface area (TPSA) is 83.5 Å². The average molecular weight is 386 g/mol. The van der Waals surface area contributed by atoms with Crippen molar-refractivity contribution in [3.8, 4) is 0 Å². The van der Waals surface area contributed by atoms with Crippen LogP contribution in [0.2, 0.25) is 0 Å². The number of sulfone groups is 1. The Balaban J connectivity index is 1.64. The van der Waals surface area contributed by atoms with Crippen molar-refractivity contribution in [2.24, 2.45) is 0 Å². The fourth-order valence-corrected chi connectivity index (χ4v) is 4.32. The van der Waals surface area contributed by atoms with Crippen LogP contribution in [0.3, 0.4) is 0 Å². The molecule has 0 spiro atoms. The van der Waals surface area contributed by atoms with Crippen molar-refractivity contribution in [2.45, 2.75) is 31.1 Å². The molecule has 6 nitrogen and oxygen atoms in total. The minimum absolute atomic E-state index is 0.0620. The van der Waals surface area contributed by atoms with Crippen molar-refractivity contribution in [1.82, 2.24) is 0 Å². The maximum atomic E-state index is 12.6. The van der Waals surface area contributed by atoms with Gasteiger partial charge in [-0.3, -0.25) is 9.59 Å². The van der Waals surface area contributed by atoms with Gasteiger partial charge >= 0.3 is 0 Å². The van der Waals surface area contributed by atoms with Gasteiger partial charge in [0.15, 0.2) is 9.84 Å². The van der Waals surface area contributed by atoms with E-state index in [0.29, 0.717) is 11.3 Å². The number of nitrogens with zero attached hydrogens (tertiary/aromatic N) is 1. The number of anilines is 2. The SMILES string of the molecule is CCc1ccc(NC(=O)CCS(=O)(=O)c2ccc3c(c2)CC(=O)N3C)cc1. The summed E-state index contributed by atoms with van der Waals surface area (Å²) in [7, 11) is -1.94. The van der Waals surface area contributed by atoms with Crippen molar-refractivity contribution in [3.05, 3.63) is 53.6 Å². The minimum Gasteiger partial charge on any atom is -0.326 e. The third-order valence-corrected chi connectivity index (χ3v) is 6.44. The third kappa shape index (κ3) is 4.19. The van der Waals surface area contributed by atoms with Crippen LogP contribution >= 0.6 is 0 Å². The molecular weight excluding hydrogens is 364 g/mol. The molecule has 0 saturated carbocycles. The lowest BCUT2D eigenvalue weighted by molar-refractivity contribution is -0.117. The van der Waals surface area contributed by atoms with E-state index < -0.39 is 9.84 Å². The zero-order valence-corrected chi connectivity index (χ0v) is 16.2. The van der Waals surface area contributed by atoms with Gasteiger partial charge in [0.1, 0.15) is 0 Å². The molecule has 0 fully saturated rings. The number of nitrogens with one attached hydrogen (secondary N) is 1. The van der Waals surface area contributed by atoms with Crippen molar-refractivity contribution < 1.29 is 18.0 Å². The molecule has 0 radical (unpaired) electrons. The van der Waals surface area contributed by atoms with Gasteiger partial charge in [0.25, 0.3) is 0 Å². The fourth-order valence-electron chi connectivity index (χ4n) is 3.03. The maximum Gasteiger partial charge on any atom is 0.231 e. The molecule has 0 unspecified atom stereocenters. The summed E-state index contributed by atoms with van der Waals surface area (Å²) in [4.78, 5) is 25.5. The van der Waals surface area contributed by atoms with Crippen molar-refractivity contribution in [3.63, 3.8) is 0 Å². The molecule has 1 heterocycles. The molecule has 7 heteroatoms. The van der Waals surface area contributed by atoms with Crippen LogP contribution in [0.15, 0.2) is 47.4 Å². The van der Waals surface area contributed by atoms with E-state index in [4.69, 9.17) is 0 Å². The van der Waals surface area contributed by atoms with E-state index in [0.717, 1.165) is 17.7 Å². The molecule has 142 valence electrons. The normalized spacial score (nSPS) is 13.6. The Morgan fingerprint density at radius 1 is 1.15 bits per heavy atom. The largest absolute Gasteiger partial charge is 0.326 e. The minimum atomic E-state index is -3.61. The lowest BCUT2D eigenvalue weighted by atomic mass is 10.1. The molecule has 1 aliphatic rings. The van der Waals surface area contributed by atoms with Gasteiger partial charge in [-0.15, -0.1) is 0 Å². The first-order chi connectivity index (χ1) is 12.8. The second kappa shape index (κ2) is 7.52. The highest BCUT2D eigenvalue weighted by atomic mass is 32.2. The summed E-state index contributed by atoms with van der Waals surface area (Å²) in [5, 5.41) is 2.72. The van der Waals surface area contributed by atoms with Gasteiger partial charge in [-0.2, -0.15) is 0 Å². The lowest BCUT2D eigenvalue weighted by Gasteiger charge is -2.11. The number of aryl methyl sites for hydroxylation is 1. The Labute approximate surface area is 159 Å². The quantitative estimate of drug-likeness (QED) is 0.827. The number of fused-ring (bicyclic) bond motifs is 1. The standard InChI is InChI=1S/C20H22N2O4S/c1-3-14-4-6-16(7-5-14)21-19(23)10-11-27(25,26)17-8-9-18-15(12-17)13-20(24)22(18)2/h4-9,12H,3,10-11,13H2,1-2H3,(H,21,23). The summed E-state index contributed by atoms with van der Waals surface area (Å²) < 4.78 is 25.1. The molecule has 0 aliphatic carbocycles. The zero-order chi connectivity index (χ0) is 19.6. The zero-order valence-electron chi connectivity index (χ0n) is 15.4. The van der Waals surface area contributed by atoms with Crippen molar-refractivity contribution in [1.29, 1.82) is 0 Å². The maximum absolute atomic E-state index is 12.6. The highest BCUT2D eigenvalue weighted by Crippen LogP contribution is 2.30. The number of benzene rings is 2. The number of amides is 2. The van der Waals surface area contributed by atoms with Crippen LogP contribution in [0.4, 0.5) is 11.4 Å². The molecule has 0 atom stereocenters. The van der Waals surface area contributed by atoms with Gasteiger partial charge < -0.3 is 10.2 Å². The van der Waals surface area contributed by atoms with E-state index in [1.165, 1.54) is 17.0 Å². The number of carbonyl (C=O) groups excluding carboxylic acids is 2. The Hall–Kier alpha value is -2.67. The Morgan fingerprint density at radius 2 is 1.85 bits per heavy atom. The molecule has 2 amide bonds. The number of hydrogen-bond donors (Lipinski definition) is 1. The van der Waals surface area contributed by atoms with Gasteiger partial charge in [-0.25, -0.2) is 8.42 Å². The smallest absolute Gasteiger partial charge is 0.231 e. The van der Waals surface area contributed by atoms with Crippen LogP contribution < -0.4 is 10.2 Å². The molecule has 2 aromatic rings. The third-order valence-electron chi connectivity index (χ3n) is 4.73. The predicted molar refractivity (Wildman–Crippen MR) is 105 cm³/mol. The van der Waals surface area contributed by atoms with E-state index in [1.54, 1.807) is 25.2 Å². The van der Waals surface area contributed by atoms with E-state index in [2.05, 4.69) is 5.32 Å². The van der Waals surface area contributed by atoms with E-state index >= 15 is 0 Å². The number of hydrogen-bond acceptors (Lipinski definition) is 4. The number of carbonyl (C=O) groups is 2. The average Bonchev–Trinajstić information content (AvgIpc) is 2.94. The van der Waals surface area contributed by atoms with E-state index in [-0.39, 0.29) is 35.3 Å². The first kappa shape index (κ1) is 19.1. The summed E-state index contributed by atoms with van der Waals surface area (Å²) in [5.74, 6) is -0.694. The first-order valence-corrected chi connectivity index (χ1v) is 10.5. The van der Waals surface area contributed by atoms with Crippen LogP contribution in [-0.2, 0) is 32.3 Å². The lowest BCUT2D eigenvalue weighted by Crippen LogP contribution is -2.20. The summed E-state index contributed by atoms with van der Waals surface area (Å²) >= 11 is 0. The van der Waals surface area contributed by atoms with Gasteiger partial charge in [-0.05, 0) is 47.9 Å². The summed E-state index contributed by atoms with van der Waals surface area (Å²) in [5.41, 5.74) is 3.24. The predicted octanol–water partition coefficient (Wildman–Crippen LogP) is 2.57. The first-order valence-electron chi connectivity index (χ1n) is 8.81. The van der Waals surface area contributed by atoms with Gasteiger partial charge in [-0.1, -0.05) is 19.1 Å². The Kier molecular flexibility index (Phi) is 5.32. The van der Waals surface area contributed by atoms with Gasteiger partial charge in [0.05, 0.1) is 17.1 Å². The highest BCUT2D eigenvalue weighted by Gasteiger charge is 2.26. The van der Waals surface area contributed by atoms with Crippen molar-refractivity contribution >= 4 is 33.0 Å². The Morgan fingerprint density at radius 3 is 2.52 bits per heavy atom. The van der Waals surface area contributed by atoms with Gasteiger partial charge in [0, 0.05) is 24.8 Å². The van der Waals surface area contributed by atoms with Crippen LogP contribution in [0.1, 0.15) is 24.5 Å². The molecule has 0 saturated heterocycles. The molecule has 2 aromatic carbocycles. The molecule has 0 aromatic heterocycles. The summed E-state index contributed by atoms with van der Waals surface area (Å²) in [6.07, 6.45) is 0.978. The molecule has 0 bridgehead atoms. The van der Waals surface area contributed by atoms with Crippen LogP contribution in [0.25, 0.3) is 0 Å².